The van der Waals surface area contributed by atoms with Gasteiger partial charge in [-0.2, -0.15) is 13.7 Å². The van der Waals surface area contributed by atoms with Gasteiger partial charge >= 0.3 is 0 Å². The van der Waals surface area contributed by atoms with E-state index in [1.165, 1.54) is 24.0 Å². The van der Waals surface area contributed by atoms with E-state index >= 15 is 0 Å². The average molecular weight is 469 g/mol. The summed E-state index contributed by atoms with van der Waals surface area (Å²) in [4.78, 5) is 21.9. The zero-order valence-corrected chi connectivity index (χ0v) is 19.7. The molecular weight excluding hydrogens is 443 g/mol. The molecule has 1 aromatic heterocycles. The van der Waals surface area contributed by atoms with Crippen LogP contribution in [0.25, 0.3) is 5.70 Å². The Balaban J connectivity index is 2.37. The third kappa shape index (κ3) is 6.85. The maximum atomic E-state index is 14.7. The van der Waals surface area contributed by atoms with Crippen LogP contribution in [0.15, 0.2) is 22.8 Å². The van der Waals surface area contributed by atoms with Crippen LogP contribution in [0, 0.1) is 23.1 Å². The summed E-state index contributed by atoms with van der Waals surface area (Å²) in [6.07, 6.45) is 2.78. The first-order valence-electron chi connectivity index (χ1n) is 9.38. The van der Waals surface area contributed by atoms with Crippen LogP contribution in [0.1, 0.15) is 32.0 Å². The lowest BCUT2D eigenvalue weighted by Gasteiger charge is -2.31. The number of amidine groups is 1. The molecule has 1 aliphatic rings. The van der Waals surface area contributed by atoms with Crippen molar-refractivity contribution in [2.75, 3.05) is 32.2 Å². The van der Waals surface area contributed by atoms with Crippen LogP contribution in [0.5, 0.6) is 0 Å². The standard InChI is InChI=1S/C20H25FN4O4S2/c1-20(2,3)18-16(21)6-14(8-23-18)17(15(7-22)10-26)24-19-25(4)9-13(12-30-19)11-29-31(5,27)28/h6,8,10,13H,9,11-12H2,1-5H3/b17-15-,24-19+. The second-order valence-corrected chi connectivity index (χ2v) is 10.9. The number of aliphatic imine (C=N–C) groups is 1. The van der Waals surface area contributed by atoms with E-state index in [-0.39, 0.29) is 35.1 Å². The third-order valence-electron chi connectivity index (χ3n) is 4.35. The highest BCUT2D eigenvalue weighted by molar-refractivity contribution is 8.13. The Morgan fingerprint density at radius 2 is 2.19 bits per heavy atom. The van der Waals surface area contributed by atoms with Crippen LogP contribution in [0.4, 0.5) is 4.39 Å². The van der Waals surface area contributed by atoms with E-state index < -0.39 is 21.4 Å². The summed E-state index contributed by atoms with van der Waals surface area (Å²) in [5, 5.41) is 9.89. The number of pyridine rings is 1. The molecule has 1 aliphatic heterocycles. The van der Waals surface area contributed by atoms with Crippen molar-refractivity contribution in [1.82, 2.24) is 9.88 Å². The molecule has 11 heteroatoms. The number of carbonyl (C=O) groups is 1. The normalized spacial score (nSPS) is 19.7. The van der Waals surface area contributed by atoms with Crippen LogP contribution >= 0.6 is 11.8 Å². The van der Waals surface area contributed by atoms with Gasteiger partial charge < -0.3 is 4.90 Å². The first kappa shape index (κ1) is 25.0. The molecule has 1 fully saturated rings. The predicted molar refractivity (Wildman–Crippen MR) is 118 cm³/mol. The van der Waals surface area contributed by atoms with E-state index in [9.17, 15) is 22.9 Å². The number of hydrogen-bond acceptors (Lipinski definition) is 8. The predicted octanol–water partition coefficient (Wildman–Crippen LogP) is 2.58. The van der Waals surface area contributed by atoms with Crippen LogP contribution < -0.4 is 0 Å². The van der Waals surface area contributed by atoms with Gasteiger partial charge in [0.2, 0.25) is 0 Å². The Hall–Kier alpha value is -2.29. The molecule has 0 spiro atoms. The van der Waals surface area contributed by atoms with Gasteiger partial charge in [-0.1, -0.05) is 32.5 Å². The zero-order valence-electron chi connectivity index (χ0n) is 18.0. The minimum Gasteiger partial charge on any atom is -0.354 e. The molecule has 0 aliphatic carbocycles. The lowest BCUT2D eigenvalue weighted by molar-refractivity contribution is -0.104. The van der Waals surface area contributed by atoms with Crippen LogP contribution in [-0.4, -0.2) is 62.0 Å². The Morgan fingerprint density at radius 3 is 2.68 bits per heavy atom. The summed E-state index contributed by atoms with van der Waals surface area (Å²) in [5.41, 5.74) is -0.230. The molecule has 8 nitrogen and oxygen atoms in total. The second kappa shape index (κ2) is 9.89. The first-order valence-corrected chi connectivity index (χ1v) is 12.2. The Morgan fingerprint density at radius 1 is 1.52 bits per heavy atom. The fourth-order valence-electron chi connectivity index (χ4n) is 2.89. The van der Waals surface area contributed by atoms with E-state index in [0.717, 1.165) is 6.26 Å². The zero-order chi connectivity index (χ0) is 23.4. The molecule has 1 aromatic rings. The largest absolute Gasteiger partial charge is 0.354 e. The maximum Gasteiger partial charge on any atom is 0.264 e. The fourth-order valence-corrected chi connectivity index (χ4v) is 4.37. The number of halogens is 1. The summed E-state index contributed by atoms with van der Waals surface area (Å²) >= 11 is 1.33. The molecule has 0 radical (unpaired) electrons. The van der Waals surface area contributed by atoms with Crippen molar-refractivity contribution in [3.8, 4) is 6.07 Å². The molecule has 0 bridgehead atoms. The van der Waals surface area contributed by atoms with Gasteiger partial charge in [-0.05, 0) is 6.07 Å². The van der Waals surface area contributed by atoms with Crippen LogP contribution in [0.2, 0.25) is 0 Å². The summed E-state index contributed by atoms with van der Waals surface area (Å²) in [5.74, 6) is -0.0684. The van der Waals surface area contributed by atoms with E-state index in [0.29, 0.717) is 23.8 Å². The Labute approximate surface area is 186 Å². The molecule has 31 heavy (non-hydrogen) atoms. The van der Waals surface area contributed by atoms with Crippen molar-refractivity contribution in [2.24, 2.45) is 10.9 Å². The Kier molecular flexibility index (Phi) is 7.97. The van der Waals surface area contributed by atoms with E-state index in [4.69, 9.17) is 4.18 Å². The van der Waals surface area contributed by atoms with Crippen molar-refractivity contribution in [1.29, 1.82) is 5.26 Å². The minimum atomic E-state index is -3.53. The molecule has 1 atom stereocenters. The van der Waals surface area contributed by atoms with Gasteiger partial charge in [0.15, 0.2) is 11.5 Å². The number of aromatic nitrogens is 1. The highest BCUT2D eigenvalue weighted by atomic mass is 32.2. The maximum absolute atomic E-state index is 14.7. The van der Waals surface area contributed by atoms with Crippen molar-refractivity contribution in [2.45, 2.75) is 26.2 Å². The molecule has 0 N–H and O–H groups in total. The molecule has 0 saturated carbocycles. The second-order valence-electron chi connectivity index (χ2n) is 8.24. The number of rotatable bonds is 6. The molecule has 1 saturated heterocycles. The Bertz CT molecular complexity index is 1060. The summed E-state index contributed by atoms with van der Waals surface area (Å²) < 4.78 is 42.0. The topological polar surface area (TPSA) is 113 Å². The van der Waals surface area contributed by atoms with Gasteiger partial charge in [0, 0.05) is 42.4 Å². The van der Waals surface area contributed by atoms with Crippen LogP contribution in [-0.2, 0) is 24.5 Å². The molecule has 0 amide bonds. The van der Waals surface area contributed by atoms with Crippen molar-refractivity contribution < 1.29 is 21.8 Å². The molecule has 2 heterocycles. The molecule has 168 valence electrons. The lowest BCUT2D eigenvalue weighted by Crippen LogP contribution is -2.38. The smallest absolute Gasteiger partial charge is 0.264 e. The third-order valence-corrected chi connectivity index (χ3v) is 6.21. The van der Waals surface area contributed by atoms with Gasteiger partial charge in [-0.3, -0.25) is 14.0 Å². The highest BCUT2D eigenvalue weighted by Gasteiger charge is 2.26. The number of allylic oxidation sites excluding steroid dienone is 1. The SMILES string of the molecule is CN1CC(COS(C)(=O)=O)CS/C1=N/C(=C(/C#N)C=O)c1cnc(C(C)(C)C)c(F)c1. The van der Waals surface area contributed by atoms with E-state index in [1.54, 1.807) is 18.0 Å². The molecule has 2 rings (SSSR count). The number of nitrogens with zero attached hydrogens (tertiary/aromatic N) is 4. The van der Waals surface area contributed by atoms with Crippen LogP contribution in [0.3, 0.4) is 0 Å². The van der Waals surface area contributed by atoms with Crippen molar-refractivity contribution >= 4 is 39.0 Å². The number of nitriles is 1. The van der Waals surface area contributed by atoms with Crippen molar-refractivity contribution in [3.05, 3.63) is 34.9 Å². The number of aldehydes is 1. The number of hydrogen-bond donors (Lipinski definition) is 0. The monoisotopic (exact) mass is 468 g/mol. The summed E-state index contributed by atoms with van der Waals surface area (Å²) in [6, 6.07) is 3.03. The average Bonchev–Trinajstić information content (AvgIpc) is 2.66. The quantitative estimate of drug-likeness (QED) is 0.271. The molecular formula is C20H25FN4O4S2. The van der Waals surface area contributed by atoms with Gasteiger partial charge in [-0.25, -0.2) is 9.38 Å². The lowest BCUT2D eigenvalue weighted by atomic mass is 9.91. The summed E-state index contributed by atoms with van der Waals surface area (Å²) in [7, 11) is -1.77. The van der Waals surface area contributed by atoms with Gasteiger partial charge in [0.25, 0.3) is 10.1 Å². The van der Waals surface area contributed by atoms with Crippen molar-refractivity contribution in [3.63, 3.8) is 0 Å². The fraction of sp³-hybridized carbons (Fsp3) is 0.500. The summed E-state index contributed by atoms with van der Waals surface area (Å²) in [6.45, 7) is 6.01. The highest BCUT2D eigenvalue weighted by Crippen LogP contribution is 2.29. The van der Waals surface area contributed by atoms with Gasteiger partial charge in [0.1, 0.15) is 17.5 Å². The van der Waals surface area contributed by atoms with Gasteiger partial charge in [0.05, 0.1) is 24.3 Å². The van der Waals surface area contributed by atoms with E-state index in [2.05, 4.69) is 9.98 Å². The first-order chi connectivity index (χ1) is 14.4. The number of carbonyl (C=O) groups excluding carboxylic acids is 1. The van der Waals surface area contributed by atoms with Gasteiger partial charge in [-0.15, -0.1) is 0 Å². The minimum absolute atomic E-state index is 0.0320. The molecule has 0 aromatic carbocycles. The molecule has 1 unspecified atom stereocenters. The van der Waals surface area contributed by atoms with E-state index in [1.807, 2.05) is 20.8 Å². The number of thioether (sulfide) groups is 1.